The van der Waals surface area contributed by atoms with Gasteiger partial charge >= 0.3 is 0 Å². The van der Waals surface area contributed by atoms with E-state index in [9.17, 15) is 10.2 Å². The molecule has 0 aliphatic carbocycles. The fraction of sp³-hybridized carbons (Fsp3) is 0.143. The Morgan fingerprint density at radius 3 is 2.46 bits per heavy atom. The molecule has 0 bridgehead atoms. The number of aromatic hydroxyl groups is 1. The third-order valence-electron chi connectivity index (χ3n) is 4.75. The van der Waals surface area contributed by atoms with Crippen LogP contribution in [0.2, 0.25) is 0 Å². The molecule has 0 spiro atoms. The van der Waals surface area contributed by atoms with Crippen molar-refractivity contribution in [3.8, 4) is 22.8 Å². The van der Waals surface area contributed by atoms with Gasteiger partial charge in [-0.05, 0) is 54.1 Å². The van der Waals surface area contributed by atoms with Crippen molar-refractivity contribution in [3.05, 3.63) is 59.6 Å². The van der Waals surface area contributed by atoms with Gasteiger partial charge in [-0.1, -0.05) is 0 Å². The van der Waals surface area contributed by atoms with Gasteiger partial charge in [0.25, 0.3) is 0 Å². The molecule has 2 aromatic carbocycles. The van der Waals surface area contributed by atoms with Crippen LogP contribution in [0.5, 0.6) is 11.5 Å². The van der Waals surface area contributed by atoms with E-state index in [1.807, 2.05) is 30.3 Å². The van der Waals surface area contributed by atoms with Crippen molar-refractivity contribution in [2.75, 3.05) is 13.7 Å². The van der Waals surface area contributed by atoms with E-state index in [1.54, 1.807) is 23.8 Å². The first-order valence-electron chi connectivity index (χ1n) is 8.71. The number of aliphatic hydroxyl groups is 1. The lowest BCUT2D eigenvalue weighted by molar-refractivity contribution is 0.274. The smallest absolute Gasteiger partial charge is 0.223 e. The summed E-state index contributed by atoms with van der Waals surface area (Å²) in [6.07, 6.45) is 0. The van der Waals surface area contributed by atoms with Crippen LogP contribution >= 0.6 is 0 Å². The Morgan fingerprint density at radius 2 is 1.79 bits per heavy atom. The van der Waals surface area contributed by atoms with Crippen molar-refractivity contribution in [3.63, 3.8) is 0 Å². The molecule has 2 heterocycles. The largest absolute Gasteiger partial charge is 0.508 e. The highest BCUT2D eigenvalue weighted by Gasteiger charge is 2.14. The number of aromatic nitrogens is 1. The predicted molar refractivity (Wildman–Crippen MR) is 104 cm³/mol. The Bertz CT molecular complexity index is 1300. The van der Waals surface area contributed by atoms with E-state index >= 15 is 0 Å². The highest BCUT2D eigenvalue weighted by atomic mass is 16.5. The topological polar surface area (TPSA) is 115 Å². The summed E-state index contributed by atoms with van der Waals surface area (Å²) in [5.41, 5.74) is 1.94. The molecule has 0 atom stereocenters. The lowest BCUT2D eigenvalue weighted by Gasteiger charge is -2.16. The van der Waals surface area contributed by atoms with Crippen molar-refractivity contribution in [2.45, 2.75) is 6.54 Å². The molecular formula is C21H19N3O4. The van der Waals surface area contributed by atoms with Gasteiger partial charge in [0.1, 0.15) is 22.6 Å². The Balaban J connectivity index is 2.14. The number of phenols is 1. The van der Waals surface area contributed by atoms with E-state index < -0.39 is 0 Å². The zero-order chi connectivity index (χ0) is 19.8. The zero-order valence-electron chi connectivity index (χ0n) is 15.2. The molecule has 0 saturated carbocycles. The second-order valence-corrected chi connectivity index (χ2v) is 6.38. The zero-order valence-corrected chi connectivity index (χ0v) is 15.2. The predicted octanol–water partition coefficient (Wildman–Crippen LogP) is 2.72. The Morgan fingerprint density at radius 1 is 1.04 bits per heavy atom. The van der Waals surface area contributed by atoms with E-state index in [4.69, 9.17) is 20.0 Å². The number of nitrogens with zero attached hydrogens (tertiary/aromatic N) is 1. The highest BCUT2D eigenvalue weighted by molar-refractivity contribution is 6.05. The van der Waals surface area contributed by atoms with Gasteiger partial charge in [0.15, 0.2) is 0 Å². The number of hydrogen-bond acceptors (Lipinski definition) is 6. The molecule has 0 radical (unpaired) electrons. The van der Waals surface area contributed by atoms with Crippen LogP contribution in [0, 0.1) is 10.8 Å². The van der Waals surface area contributed by atoms with Gasteiger partial charge in [0, 0.05) is 17.3 Å². The average Bonchev–Trinajstić information content (AvgIpc) is 2.70. The van der Waals surface area contributed by atoms with Gasteiger partial charge in [0.05, 0.1) is 24.8 Å². The second-order valence-electron chi connectivity index (χ2n) is 6.38. The molecule has 0 unspecified atom stereocenters. The Labute approximate surface area is 159 Å². The number of benzene rings is 2. The summed E-state index contributed by atoms with van der Waals surface area (Å²) in [6.45, 7) is 0.0533. The normalized spacial score (nSPS) is 11.2. The van der Waals surface area contributed by atoms with Crippen LogP contribution in [0.3, 0.4) is 0 Å². The van der Waals surface area contributed by atoms with Crippen molar-refractivity contribution in [2.24, 2.45) is 0 Å². The molecule has 0 aliphatic heterocycles. The summed E-state index contributed by atoms with van der Waals surface area (Å²) in [6, 6.07) is 13.9. The second kappa shape index (κ2) is 6.86. The summed E-state index contributed by atoms with van der Waals surface area (Å²) < 4.78 is 12.4. The van der Waals surface area contributed by atoms with Gasteiger partial charge in [-0.2, -0.15) is 0 Å². The van der Waals surface area contributed by atoms with E-state index in [0.29, 0.717) is 33.2 Å². The molecule has 7 nitrogen and oxygen atoms in total. The number of aliphatic hydroxyl groups excluding tert-OH is 1. The average molecular weight is 377 g/mol. The maximum absolute atomic E-state index is 9.92. The van der Waals surface area contributed by atoms with Crippen molar-refractivity contribution in [1.29, 1.82) is 10.8 Å². The van der Waals surface area contributed by atoms with Crippen LogP contribution in [-0.4, -0.2) is 28.5 Å². The van der Waals surface area contributed by atoms with Gasteiger partial charge in [0.2, 0.25) is 5.55 Å². The van der Waals surface area contributed by atoms with Gasteiger partial charge in [-0.3, -0.25) is 10.8 Å². The summed E-state index contributed by atoms with van der Waals surface area (Å²) in [5, 5.41) is 37.9. The highest BCUT2D eigenvalue weighted by Crippen LogP contribution is 2.29. The number of pyridine rings is 1. The molecule has 0 amide bonds. The van der Waals surface area contributed by atoms with Crippen LogP contribution in [-0.2, 0) is 6.54 Å². The number of nitrogens with one attached hydrogen (secondary N) is 2. The third kappa shape index (κ3) is 2.82. The number of methoxy groups -OCH3 is 1. The van der Waals surface area contributed by atoms with Crippen LogP contribution < -0.4 is 15.8 Å². The van der Waals surface area contributed by atoms with Gasteiger partial charge < -0.3 is 23.9 Å². The van der Waals surface area contributed by atoms with Crippen LogP contribution in [0.15, 0.2) is 52.9 Å². The fourth-order valence-corrected chi connectivity index (χ4v) is 3.42. The summed E-state index contributed by atoms with van der Waals surface area (Å²) in [7, 11) is 1.59. The number of rotatable bonds is 4. The molecule has 0 fully saturated rings. The van der Waals surface area contributed by atoms with E-state index in [0.717, 1.165) is 5.56 Å². The van der Waals surface area contributed by atoms with Gasteiger partial charge in [-0.25, -0.2) is 0 Å². The first-order chi connectivity index (χ1) is 13.5. The summed E-state index contributed by atoms with van der Waals surface area (Å²) in [5.74, 6) is 0.790. The van der Waals surface area contributed by atoms with Crippen molar-refractivity contribution >= 4 is 21.7 Å². The van der Waals surface area contributed by atoms with E-state index in [-0.39, 0.29) is 29.9 Å². The number of phenolic OH excluding ortho intramolecular Hbond substituents is 1. The lowest BCUT2D eigenvalue weighted by atomic mass is 10.0. The standard InChI is InChI=1S/C21H19N3O4/c1-27-14-5-2-12(3-6-14)17-11-16-15-10-13(26)4-7-18(15)28-21(23)19(16)20(22)24(17)8-9-25/h2-7,10-11,22-23,25-26H,8-9H2,1H3. The first-order valence-corrected chi connectivity index (χ1v) is 8.71. The van der Waals surface area contributed by atoms with Crippen molar-refractivity contribution < 1.29 is 19.4 Å². The molecule has 7 heteroatoms. The Kier molecular flexibility index (Phi) is 4.37. The van der Waals surface area contributed by atoms with Crippen LogP contribution in [0.4, 0.5) is 0 Å². The quantitative estimate of drug-likeness (QED) is 0.409. The number of ether oxygens (including phenoxy) is 1. The third-order valence-corrected chi connectivity index (χ3v) is 4.75. The summed E-state index contributed by atoms with van der Waals surface area (Å²) in [4.78, 5) is 0. The minimum atomic E-state index is -0.149. The summed E-state index contributed by atoms with van der Waals surface area (Å²) >= 11 is 0. The molecule has 28 heavy (non-hydrogen) atoms. The molecular weight excluding hydrogens is 358 g/mol. The SMILES string of the molecule is COc1ccc(-c2cc3c(c(=N)oc4ccc(O)cc43)c(=N)n2CCO)cc1. The van der Waals surface area contributed by atoms with E-state index in [1.165, 1.54) is 6.07 Å². The minimum Gasteiger partial charge on any atom is -0.508 e. The molecule has 4 N–H and O–H groups in total. The van der Waals surface area contributed by atoms with E-state index in [2.05, 4.69) is 0 Å². The molecule has 142 valence electrons. The molecule has 4 aromatic rings. The van der Waals surface area contributed by atoms with Crippen LogP contribution in [0.25, 0.3) is 33.0 Å². The molecule has 0 aliphatic rings. The maximum atomic E-state index is 9.92. The molecule has 2 aromatic heterocycles. The van der Waals surface area contributed by atoms with Crippen molar-refractivity contribution in [1.82, 2.24) is 4.57 Å². The molecule has 4 rings (SSSR count). The lowest BCUT2D eigenvalue weighted by Crippen LogP contribution is -2.27. The number of hydrogen-bond donors (Lipinski definition) is 4. The fourth-order valence-electron chi connectivity index (χ4n) is 3.42. The monoisotopic (exact) mass is 377 g/mol. The molecule has 0 saturated heterocycles. The Hall–Kier alpha value is -3.58. The maximum Gasteiger partial charge on any atom is 0.223 e. The van der Waals surface area contributed by atoms with Crippen LogP contribution in [0.1, 0.15) is 0 Å². The minimum absolute atomic E-state index is 0.0661. The van der Waals surface area contributed by atoms with Gasteiger partial charge in [-0.15, -0.1) is 0 Å². The first kappa shape index (κ1) is 17.8. The number of fused-ring (bicyclic) bond motifs is 3.